The van der Waals surface area contributed by atoms with Crippen LogP contribution in [0.15, 0.2) is 101 Å². The first-order chi connectivity index (χ1) is 18.4. The van der Waals surface area contributed by atoms with Gasteiger partial charge in [0, 0.05) is 18.2 Å². The van der Waals surface area contributed by atoms with Crippen LogP contribution in [0.1, 0.15) is 34.9 Å². The maximum atomic E-state index is 12.4. The predicted octanol–water partition coefficient (Wildman–Crippen LogP) is 3.51. The highest BCUT2D eigenvalue weighted by molar-refractivity contribution is 5.48. The van der Waals surface area contributed by atoms with Gasteiger partial charge in [0.25, 0.3) is 5.56 Å². The Hall–Kier alpha value is -3.98. The van der Waals surface area contributed by atoms with Crippen LogP contribution in [-0.2, 0) is 15.1 Å². The first-order valence-electron chi connectivity index (χ1n) is 12.5. The van der Waals surface area contributed by atoms with Crippen molar-refractivity contribution >= 4 is 0 Å². The standard InChI is InChI=1S/C30H30N2O6/c1-20-18-32(29(35)31-28(20)34)27-17-25(33)26(38-27)19-37-30(21-9-5-3-6-10-21,22-11-7-4-8-12-22)23-13-15-24(36-2)16-14-23/h3-16,18,25-27,33H,17,19H2,1-2H3,(H,31,34,35)/t25-,26-,27-/m1/s1. The summed E-state index contributed by atoms with van der Waals surface area (Å²) < 4.78 is 19.6. The molecule has 0 radical (unpaired) electrons. The zero-order valence-electron chi connectivity index (χ0n) is 21.2. The molecule has 3 atom stereocenters. The van der Waals surface area contributed by atoms with Crippen LogP contribution in [0.4, 0.5) is 0 Å². The summed E-state index contributed by atoms with van der Waals surface area (Å²) in [6.45, 7) is 1.66. The molecule has 1 saturated heterocycles. The van der Waals surface area contributed by atoms with Gasteiger partial charge >= 0.3 is 5.69 Å². The van der Waals surface area contributed by atoms with Crippen molar-refractivity contribution in [3.8, 4) is 5.75 Å². The van der Waals surface area contributed by atoms with Crippen molar-refractivity contribution in [2.45, 2.75) is 37.4 Å². The maximum absolute atomic E-state index is 12.4. The Bertz CT molecular complexity index is 1440. The van der Waals surface area contributed by atoms with E-state index >= 15 is 0 Å². The molecule has 0 spiro atoms. The monoisotopic (exact) mass is 514 g/mol. The number of aromatic nitrogens is 2. The molecular weight excluding hydrogens is 484 g/mol. The third-order valence-electron chi connectivity index (χ3n) is 6.98. The summed E-state index contributed by atoms with van der Waals surface area (Å²) >= 11 is 0. The minimum atomic E-state index is -1.01. The van der Waals surface area contributed by atoms with Gasteiger partial charge in [0.15, 0.2) is 0 Å². The van der Waals surface area contributed by atoms with E-state index in [0.717, 1.165) is 22.4 Å². The molecule has 1 fully saturated rings. The van der Waals surface area contributed by atoms with Crippen LogP contribution in [0.3, 0.4) is 0 Å². The second-order valence-corrected chi connectivity index (χ2v) is 9.36. The van der Waals surface area contributed by atoms with Gasteiger partial charge in [-0.05, 0) is 35.7 Å². The van der Waals surface area contributed by atoms with E-state index in [-0.39, 0.29) is 13.0 Å². The summed E-state index contributed by atoms with van der Waals surface area (Å²) in [5, 5.41) is 10.9. The molecular formula is C30H30N2O6. The Morgan fingerprint density at radius 2 is 1.53 bits per heavy atom. The lowest BCUT2D eigenvalue weighted by molar-refractivity contribution is -0.0944. The Balaban J connectivity index is 1.52. The van der Waals surface area contributed by atoms with Gasteiger partial charge < -0.3 is 19.3 Å². The van der Waals surface area contributed by atoms with Crippen molar-refractivity contribution in [3.05, 3.63) is 134 Å². The lowest BCUT2D eigenvalue weighted by Crippen LogP contribution is -2.38. The van der Waals surface area contributed by atoms with Gasteiger partial charge in [-0.25, -0.2) is 4.79 Å². The topological polar surface area (TPSA) is 103 Å². The van der Waals surface area contributed by atoms with E-state index in [0.29, 0.717) is 5.56 Å². The van der Waals surface area contributed by atoms with E-state index in [2.05, 4.69) is 4.98 Å². The fourth-order valence-electron chi connectivity index (χ4n) is 4.96. The lowest BCUT2D eigenvalue weighted by atomic mass is 9.80. The van der Waals surface area contributed by atoms with E-state index in [9.17, 15) is 14.7 Å². The van der Waals surface area contributed by atoms with Crippen molar-refractivity contribution in [3.63, 3.8) is 0 Å². The third kappa shape index (κ3) is 4.81. The summed E-state index contributed by atoms with van der Waals surface area (Å²) in [6, 6.07) is 27.5. The summed E-state index contributed by atoms with van der Waals surface area (Å²) in [5.41, 5.74) is 1.05. The molecule has 8 heteroatoms. The van der Waals surface area contributed by atoms with E-state index in [1.807, 2.05) is 84.9 Å². The van der Waals surface area contributed by atoms with Crippen LogP contribution in [0.25, 0.3) is 0 Å². The number of aliphatic hydroxyl groups excluding tert-OH is 1. The Morgan fingerprint density at radius 1 is 0.947 bits per heavy atom. The van der Waals surface area contributed by atoms with Crippen molar-refractivity contribution < 1.29 is 19.3 Å². The predicted molar refractivity (Wildman–Crippen MR) is 142 cm³/mol. The molecule has 1 aliphatic heterocycles. The number of H-pyrrole nitrogens is 1. The largest absolute Gasteiger partial charge is 0.497 e. The third-order valence-corrected chi connectivity index (χ3v) is 6.98. The molecule has 1 aromatic heterocycles. The van der Waals surface area contributed by atoms with Crippen molar-refractivity contribution in [1.29, 1.82) is 0 Å². The number of methoxy groups -OCH3 is 1. The number of nitrogens with zero attached hydrogens (tertiary/aromatic N) is 1. The first-order valence-corrected chi connectivity index (χ1v) is 12.5. The van der Waals surface area contributed by atoms with E-state index in [1.54, 1.807) is 14.0 Å². The molecule has 0 unspecified atom stereocenters. The second-order valence-electron chi connectivity index (χ2n) is 9.36. The molecule has 3 aromatic carbocycles. The lowest BCUT2D eigenvalue weighted by Gasteiger charge is -2.37. The van der Waals surface area contributed by atoms with Crippen LogP contribution in [0.2, 0.25) is 0 Å². The molecule has 0 saturated carbocycles. The number of aryl methyl sites for hydroxylation is 1. The molecule has 0 aliphatic carbocycles. The zero-order chi connectivity index (χ0) is 26.7. The van der Waals surface area contributed by atoms with Gasteiger partial charge in [0.2, 0.25) is 0 Å². The SMILES string of the molecule is COc1ccc(C(OC[C@H]2O[C@@H](n3cc(C)c(=O)[nH]c3=O)C[C@H]2O)(c2ccccc2)c2ccccc2)cc1. The maximum Gasteiger partial charge on any atom is 0.330 e. The average Bonchev–Trinajstić information content (AvgIpc) is 3.32. The van der Waals surface area contributed by atoms with E-state index in [1.165, 1.54) is 10.8 Å². The minimum Gasteiger partial charge on any atom is -0.497 e. The second kappa shape index (κ2) is 10.8. The Morgan fingerprint density at radius 3 is 2.11 bits per heavy atom. The number of aromatic amines is 1. The molecule has 0 bridgehead atoms. The molecule has 2 heterocycles. The first kappa shape index (κ1) is 25.7. The van der Waals surface area contributed by atoms with Gasteiger partial charge in [0.05, 0.1) is 19.8 Å². The number of benzene rings is 3. The summed E-state index contributed by atoms with van der Waals surface area (Å²) in [4.78, 5) is 26.5. The zero-order valence-corrected chi connectivity index (χ0v) is 21.2. The van der Waals surface area contributed by atoms with Gasteiger partial charge in [-0.3, -0.25) is 14.3 Å². The molecule has 5 rings (SSSR count). The van der Waals surface area contributed by atoms with Gasteiger partial charge in [-0.2, -0.15) is 0 Å². The molecule has 8 nitrogen and oxygen atoms in total. The number of ether oxygens (including phenoxy) is 3. The molecule has 4 aromatic rings. The Labute approximate surface area is 220 Å². The van der Waals surface area contributed by atoms with Crippen LogP contribution in [-0.4, -0.2) is 40.6 Å². The number of nitrogens with one attached hydrogen (secondary N) is 1. The fraction of sp³-hybridized carbons (Fsp3) is 0.267. The number of rotatable bonds is 8. The highest BCUT2D eigenvalue weighted by Gasteiger charge is 2.42. The molecule has 2 N–H and O–H groups in total. The van der Waals surface area contributed by atoms with E-state index < -0.39 is 35.3 Å². The average molecular weight is 515 g/mol. The molecule has 1 aliphatic rings. The minimum absolute atomic E-state index is 0.0462. The van der Waals surface area contributed by atoms with Crippen molar-refractivity contribution in [2.24, 2.45) is 0 Å². The van der Waals surface area contributed by atoms with Crippen LogP contribution in [0, 0.1) is 6.92 Å². The molecule has 0 amide bonds. The fourth-order valence-corrected chi connectivity index (χ4v) is 4.96. The quantitative estimate of drug-likeness (QED) is 0.349. The summed E-state index contributed by atoms with van der Waals surface area (Å²) in [5.74, 6) is 0.725. The Kier molecular flexibility index (Phi) is 7.28. The molecule has 196 valence electrons. The van der Waals surface area contributed by atoms with Gasteiger partial charge in [-0.1, -0.05) is 72.8 Å². The highest BCUT2D eigenvalue weighted by Crippen LogP contribution is 2.42. The van der Waals surface area contributed by atoms with Crippen molar-refractivity contribution in [2.75, 3.05) is 13.7 Å². The van der Waals surface area contributed by atoms with E-state index in [4.69, 9.17) is 14.2 Å². The van der Waals surface area contributed by atoms with Crippen LogP contribution < -0.4 is 16.0 Å². The van der Waals surface area contributed by atoms with Crippen LogP contribution in [0.5, 0.6) is 5.75 Å². The number of aliphatic hydroxyl groups is 1. The van der Waals surface area contributed by atoms with Crippen molar-refractivity contribution in [1.82, 2.24) is 9.55 Å². The summed E-state index contributed by atoms with van der Waals surface area (Å²) in [7, 11) is 1.62. The normalized spacial score (nSPS) is 19.4. The van der Waals surface area contributed by atoms with Gasteiger partial charge in [0.1, 0.15) is 23.7 Å². The highest BCUT2D eigenvalue weighted by atomic mass is 16.6. The summed E-state index contributed by atoms with van der Waals surface area (Å²) in [6.07, 6.45) is -0.669. The number of hydrogen-bond acceptors (Lipinski definition) is 6. The molecule has 38 heavy (non-hydrogen) atoms. The number of hydrogen-bond donors (Lipinski definition) is 2. The van der Waals surface area contributed by atoms with Crippen LogP contribution >= 0.6 is 0 Å². The smallest absolute Gasteiger partial charge is 0.330 e. The van der Waals surface area contributed by atoms with Gasteiger partial charge in [-0.15, -0.1) is 0 Å².